The van der Waals surface area contributed by atoms with E-state index in [1.165, 1.54) is 12.8 Å². The fourth-order valence-electron chi connectivity index (χ4n) is 2.61. The van der Waals surface area contributed by atoms with Crippen LogP contribution in [0, 0.1) is 0 Å². The third kappa shape index (κ3) is 4.74. The van der Waals surface area contributed by atoms with Gasteiger partial charge in [-0.2, -0.15) is 0 Å². The third-order valence-corrected chi connectivity index (χ3v) is 3.76. The number of hydrogen-bond acceptors (Lipinski definition) is 4. The number of hydrogen-bond donors (Lipinski definition) is 0. The summed E-state index contributed by atoms with van der Waals surface area (Å²) in [5.74, 6) is 0.505. The van der Waals surface area contributed by atoms with Gasteiger partial charge in [-0.15, -0.1) is 0 Å². The van der Waals surface area contributed by atoms with Gasteiger partial charge in [0, 0.05) is 12.6 Å². The van der Waals surface area contributed by atoms with Crippen LogP contribution in [0.25, 0.3) is 0 Å². The standard InChI is InChI=1S/C17H25NO3/c1-13(2)21-16-8-6-15(7-9-16)17(19)20-12-11-18-10-4-5-14(18)3/h6-9,13-14H,4-5,10-12H2,1-3H3/t14-/m0/s1. The molecule has 1 aromatic rings. The van der Waals surface area contributed by atoms with Crippen molar-refractivity contribution in [3.05, 3.63) is 29.8 Å². The Morgan fingerprint density at radius 1 is 1.33 bits per heavy atom. The zero-order chi connectivity index (χ0) is 15.2. The third-order valence-electron chi connectivity index (χ3n) is 3.76. The first kappa shape index (κ1) is 15.8. The van der Waals surface area contributed by atoms with E-state index in [1.54, 1.807) is 24.3 Å². The molecule has 2 rings (SSSR count). The molecule has 116 valence electrons. The Bertz CT molecular complexity index is 456. The first-order valence-corrected chi connectivity index (χ1v) is 7.74. The normalized spacial score (nSPS) is 19.0. The number of likely N-dealkylation sites (tertiary alicyclic amines) is 1. The van der Waals surface area contributed by atoms with E-state index in [2.05, 4.69) is 11.8 Å². The molecule has 0 saturated carbocycles. The topological polar surface area (TPSA) is 38.8 Å². The monoisotopic (exact) mass is 291 g/mol. The van der Waals surface area contributed by atoms with Gasteiger partial charge in [-0.3, -0.25) is 4.90 Å². The SMILES string of the molecule is CC(C)Oc1ccc(C(=O)OCCN2CCC[C@@H]2C)cc1. The molecule has 1 heterocycles. The minimum absolute atomic E-state index is 0.130. The van der Waals surface area contributed by atoms with Gasteiger partial charge < -0.3 is 9.47 Å². The van der Waals surface area contributed by atoms with E-state index in [4.69, 9.17) is 9.47 Å². The number of carbonyl (C=O) groups excluding carboxylic acids is 1. The van der Waals surface area contributed by atoms with Gasteiger partial charge >= 0.3 is 5.97 Å². The van der Waals surface area contributed by atoms with Crippen LogP contribution in [0.4, 0.5) is 0 Å². The molecule has 0 spiro atoms. The number of benzene rings is 1. The van der Waals surface area contributed by atoms with Crippen LogP contribution < -0.4 is 4.74 Å². The predicted molar refractivity (Wildman–Crippen MR) is 82.8 cm³/mol. The molecular formula is C17H25NO3. The highest BCUT2D eigenvalue weighted by Gasteiger charge is 2.20. The fraction of sp³-hybridized carbons (Fsp3) is 0.588. The Labute approximate surface area is 127 Å². The van der Waals surface area contributed by atoms with Gasteiger partial charge in [0.1, 0.15) is 12.4 Å². The summed E-state index contributed by atoms with van der Waals surface area (Å²) in [6.45, 7) is 8.56. The van der Waals surface area contributed by atoms with Crippen molar-refractivity contribution in [1.82, 2.24) is 4.90 Å². The second-order valence-electron chi connectivity index (χ2n) is 5.85. The number of carbonyl (C=O) groups is 1. The minimum atomic E-state index is -0.266. The summed E-state index contributed by atoms with van der Waals surface area (Å²) in [6, 6.07) is 7.71. The highest BCUT2D eigenvalue weighted by molar-refractivity contribution is 5.89. The van der Waals surface area contributed by atoms with Crippen molar-refractivity contribution in [3.8, 4) is 5.75 Å². The molecule has 1 saturated heterocycles. The van der Waals surface area contributed by atoms with Crippen molar-refractivity contribution < 1.29 is 14.3 Å². The minimum Gasteiger partial charge on any atom is -0.491 e. The molecular weight excluding hydrogens is 266 g/mol. The summed E-state index contributed by atoms with van der Waals surface area (Å²) in [6.07, 6.45) is 2.61. The molecule has 4 heteroatoms. The molecule has 0 N–H and O–H groups in total. The summed E-state index contributed by atoms with van der Waals surface area (Å²) < 4.78 is 10.9. The maximum atomic E-state index is 12.0. The lowest BCUT2D eigenvalue weighted by Crippen LogP contribution is -2.31. The first-order valence-electron chi connectivity index (χ1n) is 7.74. The summed E-state index contributed by atoms with van der Waals surface area (Å²) in [5.41, 5.74) is 0.570. The highest BCUT2D eigenvalue weighted by Crippen LogP contribution is 2.16. The average Bonchev–Trinajstić information content (AvgIpc) is 2.84. The van der Waals surface area contributed by atoms with Crippen LogP contribution >= 0.6 is 0 Å². The van der Waals surface area contributed by atoms with Crippen molar-refractivity contribution >= 4 is 5.97 Å². The Hall–Kier alpha value is -1.55. The molecule has 1 aliphatic rings. The van der Waals surface area contributed by atoms with Gasteiger partial charge in [0.15, 0.2) is 0 Å². The van der Waals surface area contributed by atoms with E-state index >= 15 is 0 Å². The highest BCUT2D eigenvalue weighted by atomic mass is 16.5. The summed E-state index contributed by atoms with van der Waals surface area (Å²) in [5, 5.41) is 0. The Kier molecular flexibility index (Phi) is 5.62. The zero-order valence-electron chi connectivity index (χ0n) is 13.2. The predicted octanol–water partition coefficient (Wildman–Crippen LogP) is 3.11. The molecule has 0 radical (unpaired) electrons. The number of ether oxygens (including phenoxy) is 2. The van der Waals surface area contributed by atoms with E-state index < -0.39 is 0 Å². The summed E-state index contributed by atoms with van der Waals surface area (Å²) >= 11 is 0. The lowest BCUT2D eigenvalue weighted by Gasteiger charge is -2.20. The van der Waals surface area contributed by atoms with Crippen molar-refractivity contribution in [2.24, 2.45) is 0 Å². The van der Waals surface area contributed by atoms with Crippen LogP contribution in [-0.2, 0) is 4.74 Å². The lowest BCUT2D eigenvalue weighted by atomic mass is 10.2. The van der Waals surface area contributed by atoms with Crippen molar-refractivity contribution in [2.75, 3.05) is 19.7 Å². The number of rotatable bonds is 6. The van der Waals surface area contributed by atoms with Gasteiger partial charge in [0.25, 0.3) is 0 Å². The average molecular weight is 291 g/mol. The fourth-order valence-corrected chi connectivity index (χ4v) is 2.61. The number of esters is 1. The van der Waals surface area contributed by atoms with E-state index in [0.717, 1.165) is 18.8 Å². The molecule has 1 aliphatic heterocycles. The maximum Gasteiger partial charge on any atom is 0.338 e. The largest absolute Gasteiger partial charge is 0.491 e. The van der Waals surface area contributed by atoms with Crippen molar-refractivity contribution in [1.29, 1.82) is 0 Å². The van der Waals surface area contributed by atoms with Crippen molar-refractivity contribution in [2.45, 2.75) is 45.8 Å². The maximum absolute atomic E-state index is 12.0. The van der Waals surface area contributed by atoms with Gasteiger partial charge in [-0.05, 0) is 64.4 Å². The van der Waals surface area contributed by atoms with Crippen LogP contribution in [0.2, 0.25) is 0 Å². The second kappa shape index (κ2) is 7.46. The summed E-state index contributed by atoms with van der Waals surface area (Å²) in [7, 11) is 0. The molecule has 0 aliphatic carbocycles. The second-order valence-corrected chi connectivity index (χ2v) is 5.85. The lowest BCUT2D eigenvalue weighted by molar-refractivity contribution is 0.0458. The van der Waals surface area contributed by atoms with Crippen molar-refractivity contribution in [3.63, 3.8) is 0 Å². The van der Waals surface area contributed by atoms with E-state index in [9.17, 15) is 4.79 Å². The van der Waals surface area contributed by atoms with Crippen LogP contribution in [0.1, 0.15) is 44.0 Å². The molecule has 0 bridgehead atoms. The van der Waals surface area contributed by atoms with Gasteiger partial charge in [0.05, 0.1) is 11.7 Å². The molecule has 1 atom stereocenters. The molecule has 0 unspecified atom stereocenters. The Morgan fingerprint density at radius 2 is 2.05 bits per heavy atom. The Balaban J connectivity index is 1.77. The van der Waals surface area contributed by atoms with Crippen LogP contribution in [0.5, 0.6) is 5.75 Å². The van der Waals surface area contributed by atoms with Gasteiger partial charge in [-0.1, -0.05) is 0 Å². The quantitative estimate of drug-likeness (QED) is 0.755. The van der Waals surface area contributed by atoms with E-state index in [-0.39, 0.29) is 12.1 Å². The van der Waals surface area contributed by atoms with E-state index in [0.29, 0.717) is 18.2 Å². The van der Waals surface area contributed by atoms with Gasteiger partial charge in [-0.25, -0.2) is 4.79 Å². The number of nitrogens with zero attached hydrogens (tertiary/aromatic N) is 1. The van der Waals surface area contributed by atoms with Crippen LogP contribution in [0.15, 0.2) is 24.3 Å². The molecule has 1 aromatic carbocycles. The smallest absolute Gasteiger partial charge is 0.338 e. The molecule has 4 nitrogen and oxygen atoms in total. The van der Waals surface area contributed by atoms with Crippen LogP contribution in [-0.4, -0.2) is 42.7 Å². The first-order chi connectivity index (χ1) is 10.1. The molecule has 1 fully saturated rings. The summed E-state index contributed by atoms with van der Waals surface area (Å²) in [4.78, 5) is 14.3. The molecule has 21 heavy (non-hydrogen) atoms. The van der Waals surface area contributed by atoms with E-state index in [1.807, 2.05) is 13.8 Å². The van der Waals surface area contributed by atoms with Crippen LogP contribution in [0.3, 0.4) is 0 Å². The molecule has 0 amide bonds. The van der Waals surface area contributed by atoms with Gasteiger partial charge in [0.2, 0.25) is 0 Å². The molecule has 0 aromatic heterocycles. The zero-order valence-corrected chi connectivity index (χ0v) is 13.2. The Morgan fingerprint density at radius 3 is 2.62 bits per heavy atom.